The minimum atomic E-state index is -5.08. The number of amides is 2. The molecular weight excluding hydrogens is 498 g/mol. The van der Waals surface area contributed by atoms with E-state index in [-0.39, 0.29) is 29.5 Å². The summed E-state index contributed by atoms with van der Waals surface area (Å²) in [6.45, 7) is 0.950. The number of halogens is 4. The number of carbonyl (C=O) groups excluding carboxylic acids is 1. The molecule has 12 heteroatoms. The number of hydrogen-bond acceptors (Lipinski definition) is 4. The maximum absolute atomic E-state index is 14.0. The van der Waals surface area contributed by atoms with Crippen molar-refractivity contribution >= 4 is 18.0 Å². The molecular formula is C25H33F4N3O5. The maximum atomic E-state index is 14.0. The van der Waals surface area contributed by atoms with Crippen molar-refractivity contribution in [2.24, 2.45) is 5.92 Å². The second-order valence-electron chi connectivity index (χ2n) is 10.4. The molecule has 37 heavy (non-hydrogen) atoms. The van der Waals surface area contributed by atoms with Crippen LogP contribution in [0.4, 0.5) is 22.4 Å². The fraction of sp³-hybridized carbons (Fsp3) is 0.640. The van der Waals surface area contributed by atoms with E-state index in [4.69, 9.17) is 9.90 Å². The Bertz CT molecular complexity index is 1000. The molecule has 8 nitrogen and oxygen atoms in total. The summed E-state index contributed by atoms with van der Waals surface area (Å²) in [5.74, 6) is -3.43. The lowest BCUT2D eigenvalue weighted by Gasteiger charge is -2.51. The molecule has 2 aliphatic carbocycles. The molecule has 2 saturated carbocycles. The van der Waals surface area contributed by atoms with Gasteiger partial charge in [0.15, 0.2) is 0 Å². The number of carboxylic acid groups (broad SMARTS) is 2. The van der Waals surface area contributed by atoms with Crippen molar-refractivity contribution in [1.82, 2.24) is 14.7 Å². The molecule has 0 atom stereocenters. The van der Waals surface area contributed by atoms with Gasteiger partial charge in [0.2, 0.25) is 0 Å². The molecule has 206 valence electrons. The number of urea groups is 1. The molecule has 1 spiro atoms. The lowest BCUT2D eigenvalue weighted by molar-refractivity contribution is -0.192. The number of carbonyl (C=O) groups is 3. The summed E-state index contributed by atoms with van der Waals surface area (Å²) in [5.41, 5.74) is 0.368. The zero-order valence-electron chi connectivity index (χ0n) is 20.9. The number of benzene rings is 1. The Balaban J connectivity index is 0.000000479. The van der Waals surface area contributed by atoms with Gasteiger partial charge in [-0.05, 0) is 76.2 Å². The van der Waals surface area contributed by atoms with Crippen molar-refractivity contribution in [3.05, 3.63) is 35.6 Å². The number of aliphatic carboxylic acids is 2. The van der Waals surface area contributed by atoms with E-state index >= 15 is 0 Å². The lowest BCUT2D eigenvalue weighted by Crippen LogP contribution is -2.56. The first-order valence-electron chi connectivity index (χ1n) is 12.2. The molecule has 1 aromatic carbocycles. The largest absolute Gasteiger partial charge is 0.490 e. The molecule has 1 aliphatic heterocycles. The number of alkyl halides is 3. The standard InChI is InChI=1S/C23H32FN3O3.C2HF3O2/c1-25(2)23(18-7-4-8-19(24)13-18)11-9-22(10-12-23)16-26(15-20(28)29)21(30)27(22)14-17-5-3-6-17;3-2(4,5)1(6)7/h4,7-8,13,17H,3,5-6,9-12,14-16H2,1-2H3,(H,28,29);(H,6,7)/t22-,23-;. The van der Waals surface area contributed by atoms with Crippen molar-refractivity contribution in [3.63, 3.8) is 0 Å². The first-order chi connectivity index (χ1) is 17.2. The first-order valence-corrected chi connectivity index (χ1v) is 12.2. The van der Waals surface area contributed by atoms with Crippen LogP contribution < -0.4 is 0 Å². The van der Waals surface area contributed by atoms with E-state index in [9.17, 15) is 32.3 Å². The van der Waals surface area contributed by atoms with Crippen LogP contribution >= 0.6 is 0 Å². The molecule has 2 amide bonds. The number of rotatable bonds is 6. The van der Waals surface area contributed by atoms with Crippen LogP contribution in [0, 0.1) is 11.7 Å². The van der Waals surface area contributed by atoms with Gasteiger partial charge < -0.3 is 20.0 Å². The molecule has 1 aromatic rings. The van der Waals surface area contributed by atoms with Crippen LogP contribution in [0.5, 0.6) is 0 Å². The van der Waals surface area contributed by atoms with Crippen molar-refractivity contribution < 1.29 is 42.2 Å². The van der Waals surface area contributed by atoms with Crippen molar-refractivity contribution in [2.45, 2.75) is 62.2 Å². The highest BCUT2D eigenvalue weighted by Crippen LogP contribution is 2.49. The second-order valence-corrected chi connectivity index (χ2v) is 10.4. The molecule has 0 bridgehead atoms. The third-order valence-electron chi connectivity index (χ3n) is 8.02. The third-order valence-corrected chi connectivity index (χ3v) is 8.02. The van der Waals surface area contributed by atoms with Crippen LogP contribution in [0.3, 0.4) is 0 Å². The van der Waals surface area contributed by atoms with E-state index in [1.54, 1.807) is 12.1 Å². The Kier molecular flexibility index (Phi) is 8.40. The van der Waals surface area contributed by atoms with Gasteiger partial charge in [0.05, 0.1) is 5.54 Å². The Morgan fingerprint density at radius 3 is 2.14 bits per heavy atom. The van der Waals surface area contributed by atoms with Crippen LogP contribution in [-0.2, 0) is 15.1 Å². The van der Waals surface area contributed by atoms with E-state index in [0.717, 1.165) is 50.6 Å². The number of nitrogens with zero attached hydrogens (tertiary/aromatic N) is 3. The van der Waals surface area contributed by atoms with Gasteiger partial charge in [-0.1, -0.05) is 18.6 Å². The van der Waals surface area contributed by atoms with Crippen LogP contribution in [-0.4, -0.2) is 88.3 Å². The summed E-state index contributed by atoms with van der Waals surface area (Å²) in [6.07, 6.45) is 1.60. The van der Waals surface area contributed by atoms with Crippen molar-refractivity contribution in [1.29, 1.82) is 0 Å². The van der Waals surface area contributed by atoms with Gasteiger partial charge in [-0.2, -0.15) is 13.2 Å². The molecule has 1 heterocycles. The molecule has 3 aliphatic rings. The molecule has 0 unspecified atom stereocenters. The van der Waals surface area contributed by atoms with Crippen LogP contribution in [0.15, 0.2) is 24.3 Å². The van der Waals surface area contributed by atoms with Crippen LogP contribution in [0.1, 0.15) is 50.5 Å². The fourth-order valence-electron chi connectivity index (χ4n) is 5.70. The smallest absolute Gasteiger partial charge is 0.480 e. The van der Waals surface area contributed by atoms with Gasteiger partial charge in [-0.3, -0.25) is 9.69 Å². The van der Waals surface area contributed by atoms with Crippen LogP contribution in [0.2, 0.25) is 0 Å². The molecule has 1 saturated heterocycles. The van der Waals surface area contributed by atoms with E-state index in [2.05, 4.69) is 4.90 Å². The Morgan fingerprint density at radius 1 is 1.11 bits per heavy atom. The summed E-state index contributed by atoms with van der Waals surface area (Å²) in [4.78, 5) is 39.0. The topological polar surface area (TPSA) is 101 Å². The summed E-state index contributed by atoms with van der Waals surface area (Å²) < 4.78 is 45.7. The van der Waals surface area contributed by atoms with Crippen molar-refractivity contribution in [2.75, 3.05) is 33.7 Å². The van der Waals surface area contributed by atoms with Crippen LogP contribution in [0.25, 0.3) is 0 Å². The third kappa shape index (κ3) is 6.16. The van der Waals surface area contributed by atoms with E-state index < -0.39 is 18.1 Å². The molecule has 3 fully saturated rings. The highest BCUT2D eigenvalue weighted by molar-refractivity contribution is 5.83. The zero-order chi connectivity index (χ0) is 27.6. The Labute approximate surface area is 212 Å². The second kappa shape index (κ2) is 10.8. The molecule has 4 rings (SSSR count). The monoisotopic (exact) mass is 531 g/mol. The zero-order valence-corrected chi connectivity index (χ0v) is 20.9. The number of carboxylic acids is 2. The summed E-state index contributed by atoms with van der Waals surface area (Å²) in [5, 5.41) is 16.4. The summed E-state index contributed by atoms with van der Waals surface area (Å²) >= 11 is 0. The van der Waals surface area contributed by atoms with Gasteiger partial charge in [0, 0.05) is 18.6 Å². The predicted octanol–water partition coefficient (Wildman–Crippen LogP) is 4.15. The SMILES string of the molecule is CN(C)[C@]1(c2cccc(F)c2)CC[C@@]2(CC1)CN(CC(=O)O)C(=O)N2CC1CCC1.O=C(O)C(F)(F)F. The Hall–Kier alpha value is -2.89. The van der Waals surface area contributed by atoms with Gasteiger partial charge in [0.25, 0.3) is 0 Å². The fourth-order valence-corrected chi connectivity index (χ4v) is 5.70. The average Bonchev–Trinajstić information content (AvgIpc) is 3.01. The number of hydrogen-bond donors (Lipinski definition) is 2. The lowest BCUT2D eigenvalue weighted by atomic mass is 9.68. The van der Waals surface area contributed by atoms with E-state index in [0.29, 0.717) is 12.5 Å². The molecule has 0 aromatic heterocycles. The Morgan fingerprint density at radius 2 is 1.70 bits per heavy atom. The maximum Gasteiger partial charge on any atom is 0.490 e. The molecule has 0 radical (unpaired) electrons. The first kappa shape index (κ1) is 28.7. The minimum Gasteiger partial charge on any atom is -0.480 e. The predicted molar refractivity (Wildman–Crippen MR) is 125 cm³/mol. The van der Waals surface area contributed by atoms with E-state index in [1.165, 1.54) is 17.4 Å². The summed E-state index contributed by atoms with van der Waals surface area (Å²) in [7, 11) is 4.07. The average molecular weight is 532 g/mol. The summed E-state index contributed by atoms with van der Waals surface area (Å²) in [6, 6.07) is 6.71. The van der Waals surface area contributed by atoms with E-state index in [1.807, 2.05) is 25.1 Å². The van der Waals surface area contributed by atoms with Crippen molar-refractivity contribution in [3.8, 4) is 0 Å². The van der Waals surface area contributed by atoms with Gasteiger partial charge >= 0.3 is 24.1 Å². The van der Waals surface area contributed by atoms with Gasteiger partial charge in [0.1, 0.15) is 12.4 Å². The van der Waals surface area contributed by atoms with Gasteiger partial charge in [-0.15, -0.1) is 0 Å². The quantitative estimate of drug-likeness (QED) is 0.535. The molecule has 2 N–H and O–H groups in total. The minimum absolute atomic E-state index is 0.132. The highest BCUT2D eigenvalue weighted by Gasteiger charge is 2.55. The highest BCUT2D eigenvalue weighted by atomic mass is 19.4. The normalized spacial score (nSPS) is 26.2. The van der Waals surface area contributed by atoms with Gasteiger partial charge in [-0.25, -0.2) is 14.0 Å².